The molecule has 1 aliphatic heterocycles. The van der Waals surface area contributed by atoms with Crippen LogP contribution in [0.1, 0.15) is 34.1 Å². The normalized spacial score (nSPS) is 23.5. The zero-order valence-corrected chi connectivity index (χ0v) is 10.9. The van der Waals surface area contributed by atoms with Crippen LogP contribution < -0.4 is 0 Å². The predicted molar refractivity (Wildman–Crippen MR) is 62.1 cm³/mol. The molecule has 4 heteroatoms. The lowest BCUT2D eigenvalue weighted by atomic mass is 9.81. The van der Waals surface area contributed by atoms with Crippen LogP contribution in [0, 0.1) is 5.41 Å². The van der Waals surface area contributed by atoms with E-state index < -0.39 is 10.4 Å². The molecular weight excluding hydrogens is 235 g/mol. The van der Waals surface area contributed by atoms with E-state index in [-0.39, 0.29) is 11.4 Å². The van der Waals surface area contributed by atoms with Crippen LogP contribution in [0.2, 0.25) is 0 Å². The Bertz CT molecular complexity index is 295. The molecule has 1 atom stereocenters. The first-order chi connectivity index (χ1) is 6.60. The van der Waals surface area contributed by atoms with Gasteiger partial charge in [-0.2, -0.15) is 0 Å². The second-order valence-corrected chi connectivity index (χ2v) is 6.77. The number of alkyl halides is 2. The maximum absolute atomic E-state index is 11.4. The van der Waals surface area contributed by atoms with Crippen LogP contribution in [-0.4, -0.2) is 16.4 Å². The van der Waals surface area contributed by atoms with Crippen molar-refractivity contribution in [1.82, 2.24) is 0 Å². The van der Waals surface area contributed by atoms with E-state index in [4.69, 9.17) is 27.9 Å². The van der Waals surface area contributed by atoms with E-state index in [1.54, 1.807) is 6.92 Å². The van der Waals surface area contributed by atoms with Gasteiger partial charge in [0, 0.05) is 12.5 Å². The van der Waals surface area contributed by atoms with E-state index in [9.17, 15) is 4.79 Å². The number of ether oxygens (including phenoxy) is 1. The summed E-state index contributed by atoms with van der Waals surface area (Å²) < 4.78 is 4.06. The van der Waals surface area contributed by atoms with Gasteiger partial charge in [-0.05, 0) is 12.3 Å². The van der Waals surface area contributed by atoms with Crippen LogP contribution in [0.3, 0.4) is 0 Å². The number of esters is 1. The molecule has 86 valence electrons. The van der Waals surface area contributed by atoms with Gasteiger partial charge in [-0.1, -0.05) is 49.5 Å². The van der Waals surface area contributed by atoms with Crippen molar-refractivity contribution < 1.29 is 9.53 Å². The van der Waals surface area contributed by atoms with E-state index in [1.807, 2.05) is 20.8 Å². The molecule has 1 aliphatic rings. The van der Waals surface area contributed by atoms with Crippen molar-refractivity contribution in [2.24, 2.45) is 5.41 Å². The molecule has 0 aromatic carbocycles. The van der Waals surface area contributed by atoms with Crippen molar-refractivity contribution in [2.45, 2.75) is 44.6 Å². The number of cyclic esters (lactones) is 1. The Labute approximate surface area is 101 Å². The molecule has 2 nitrogen and oxygen atoms in total. The SMILES string of the molecule is CC(C)(C)C1=CC(=O)O[C@H](C(C)(Cl)Cl)C1. The zero-order chi connectivity index (χ0) is 11.9. The summed E-state index contributed by atoms with van der Waals surface area (Å²) in [6.45, 7) is 7.79. The molecule has 15 heavy (non-hydrogen) atoms. The molecular formula is C11H16Cl2O2. The minimum Gasteiger partial charge on any atom is -0.456 e. The standard InChI is InChI=1S/C11H16Cl2O2/c1-10(2,3)7-5-8(11(4,12)13)15-9(14)6-7/h6,8H,5H2,1-4H3/t8-/m0/s1. The molecule has 0 aromatic heterocycles. The first-order valence-electron chi connectivity index (χ1n) is 4.90. The van der Waals surface area contributed by atoms with Gasteiger partial charge in [0.15, 0.2) is 4.33 Å². The van der Waals surface area contributed by atoms with Gasteiger partial charge in [0.1, 0.15) is 6.10 Å². The Hall–Kier alpha value is -0.210. The Kier molecular flexibility index (Phi) is 3.42. The number of rotatable bonds is 1. The van der Waals surface area contributed by atoms with E-state index in [2.05, 4.69) is 0 Å². The van der Waals surface area contributed by atoms with Gasteiger partial charge >= 0.3 is 5.97 Å². The average molecular weight is 251 g/mol. The highest BCUT2D eigenvalue weighted by atomic mass is 35.5. The van der Waals surface area contributed by atoms with Crippen molar-refractivity contribution in [2.75, 3.05) is 0 Å². The van der Waals surface area contributed by atoms with Crippen molar-refractivity contribution in [3.05, 3.63) is 11.6 Å². The van der Waals surface area contributed by atoms with Crippen LogP contribution in [0.15, 0.2) is 11.6 Å². The third-order valence-electron chi connectivity index (χ3n) is 2.48. The highest BCUT2D eigenvalue weighted by Crippen LogP contribution is 2.38. The molecule has 0 fully saturated rings. The summed E-state index contributed by atoms with van der Waals surface area (Å²) in [7, 11) is 0. The van der Waals surface area contributed by atoms with Crippen LogP contribution in [0.25, 0.3) is 0 Å². The predicted octanol–water partition coefficient (Wildman–Crippen LogP) is 3.47. The van der Waals surface area contributed by atoms with Gasteiger partial charge in [-0.3, -0.25) is 0 Å². The van der Waals surface area contributed by atoms with Crippen molar-refractivity contribution in [1.29, 1.82) is 0 Å². The molecule has 0 radical (unpaired) electrons. The third-order valence-corrected chi connectivity index (χ3v) is 2.97. The summed E-state index contributed by atoms with van der Waals surface area (Å²) >= 11 is 11.9. The van der Waals surface area contributed by atoms with Crippen LogP contribution in [0.4, 0.5) is 0 Å². The third kappa shape index (κ3) is 3.39. The maximum Gasteiger partial charge on any atom is 0.331 e. The second kappa shape index (κ2) is 3.99. The van der Waals surface area contributed by atoms with E-state index in [1.165, 1.54) is 6.08 Å². The second-order valence-electron chi connectivity index (χ2n) is 5.01. The quantitative estimate of drug-likeness (QED) is 0.527. The number of halogens is 2. The van der Waals surface area contributed by atoms with Crippen molar-refractivity contribution in [3.63, 3.8) is 0 Å². The number of carbonyl (C=O) groups is 1. The van der Waals surface area contributed by atoms with Crippen LogP contribution in [0.5, 0.6) is 0 Å². The minimum atomic E-state index is -1.04. The molecule has 0 aromatic rings. The van der Waals surface area contributed by atoms with E-state index in [0.717, 1.165) is 5.57 Å². The Morgan fingerprint density at radius 2 is 1.87 bits per heavy atom. The Balaban J connectivity index is 2.91. The fraction of sp³-hybridized carbons (Fsp3) is 0.727. The van der Waals surface area contributed by atoms with Crippen LogP contribution in [-0.2, 0) is 9.53 Å². The summed E-state index contributed by atoms with van der Waals surface area (Å²) in [4.78, 5) is 11.4. The van der Waals surface area contributed by atoms with Gasteiger partial charge in [0.05, 0.1) is 0 Å². The van der Waals surface area contributed by atoms with Gasteiger partial charge in [-0.25, -0.2) is 4.79 Å². The monoisotopic (exact) mass is 250 g/mol. The van der Waals surface area contributed by atoms with Gasteiger partial charge in [-0.15, -0.1) is 0 Å². The largest absolute Gasteiger partial charge is 0.456 e. The van der Waals surface area contributed by atoms with Gasteiger partial charge in [0.25, 0.3) is 0 Å². The molecule has 1 rings (SSSR count). The highest BCUT2D eigenvalue weighted by molar-refractivity contribution is 6.48. The summed E-state index contributed by atoms with van der Waals surface area (Å²) in [5, 5.41) is 0. The molecule has 0 bridgehead atoms. The van der Waals surface area contributed by atoms with E-state index >= 15 is 0 Å². The first-order valence-corrected chi connectivity index (χ1v) is 5.66. The van der Waals surface area contributed by atoms with Crippen molar-refractivity contribution >= 4 is 29.2 Å². The van der Waals surface area contributed by atoms with Gasteiger partial charge in [0.2, 0.25) is 0 Å². The molecule has 0 amide bonds. The first kappa shape index (κ1) is 12.9. The molecule has 0 unspecified atom stereocenters. The lowest BCUT2D eigenvalue weighted by Crippen LogP contribution is -2.37. The lowest BCUT2D eigenvalue weighted by molar-refractivity contribution is -0.145. The molecule has 0 spiro atoms. The van der Waals surface area contributed by atoms with Gasteiger partial charge < -0.3 is 4.74 Å². The van der Waals surface area contributed by atoms with Crippen molar-refractivity contribution in [3.8, 4) is 0 Å². The molecule has 0 saturated carbocycles. The highest BCUT2D eigenvalue weighted by Gasteiger charge is 2.38. The molecule has 0 N–H and O–H groups in total. The Morgan fingerprint density at radius 1 is 1.33 bits per heavy atom. The summed E-state index contributed by atoms with van der Waals surface area (Å²) in [6.07, 6.45) is 1.67. The minimum absolute atomic E-state index is 0.0588. The fourth-order valence-corrected chi connectivity index (χ4v) is 1.67. The van der Waals surface area contributed by atoms with E-state index in [0.29, 0.717) is 6.42 Å². The lowest BCUT2D eigenvalue weighted by Gasteiger charge is -2.34. The summed E-state index contributed by atoms with van der Waals surface area (Å²) in [5.41, 5.74) is 0.966. The summed E-state index contributed by atoms with van der Waals surface area (Å²) in [5.74, 6) is -0.358. The molecule has 1 heterocycles. The Morgan fingerprint density at radius 3 is 2.27 bits per heavy atom. The number of hydrogen-bond donors (Lipinski definition) is 0. The average Bonchev–Trinajstić information content (AvgIpc) is 1.99. The number of carbonyl (C=O) groups excluding carboxylic acids is 1. The summed E-state index contributed by atoms with van der Waals surface area (Å²) in [6, 6.07) is 0. The maximum atomic E-state index is 11.4. The molecule has 0 aliphatic carbocycles. The zero-order valence-electron chi connectivity index (χ0n) is 9.43. The van der Waals surface area contributed by atoms with Crippen LogP contribution >= 0.6 is 23.2 Å². The smallest absolute Gasteiger partial charge is 0.331 e. The molecule has 0 saturated heterocycles. The fourth-order valence-electron chi connectivity index (χ4n) is 1.42. The number of hydrogen-bond acceptors (Lipinski definition) is 2. The topological polar surface area (TPSA) is 26.3 Å².